The Morgan fingerprint density at radius 3 is 2.26 bits per heavy atom. The SMILES string of the molecule is CP(C)c1ccccc1-c1cccc(Oc2ccc3c4ccccc4n(-c4cc(C(C)(C)C)ccn4)c3c2)c1. The van der Waals surface area contributed by atoms with Crippen molar-refractivity contribution in [3.8, 4) is 28.4 Å². The van der Waals surface area contributed by atoms with Gasteiger partial charge in [0.05, 0.1) is 11.0 Å². The number of rotatable bonds is 5. The van der Waals surface area contributed by atoms with E-state index in [9.17, 15) is 0 Å². The van der Waals surface area contributed by atoms with E-state index >= 15 is 0 Å². The minimum Gasteiger partial charge on any atom is -0.457 e. The van der Waals surface area contributed by atoms with Gasteiger partial charge < -0.3 is 4.74 Å². The van der Waals surface area contributed by atoms with Gasteiger partial charge in [-0.1, -0.05) is 83.3 Å². The summed E-state index contributed by atoms with van der Waals surface area (Å²) in [6.45, 7) is 11.3. The second kappa shape index (κ2) is 9.98. The molecule has 39 heavy (non-hydrogen) atoms. The molecular weight excluding hydrogens is 495 g/mol. The van der Waals surface area contributed by atoms with Crippen LogP contribution in [-0.2, 0) is 5.41 Å². The van der Waals surface area contributed by atoms with E-state index in [4.69, 9.17) is 9.72 Å². The predicted molar refractivity (Wildman–Crippen MR) is 168 cm³/mol. The second-order valence-electron chi connectivity index (χ2n) is 11.2. The first-order valence-electron chi connectivity index (χ1n) is 13.3. The number of para-hydroxylation sites is 1. The zero-order valence-electron chi connectivity index (χ0n) is 23.1. The number of aromatic nitrogens is 2. The first kappa shape index (κ1) is 25.3. The molecule has 2 aromatic heterocycles. The lowest BCUT2D eigenvalue weighted by Crippen LogP contribution is -2.12. The number of benzene rings is 4. The molecule has 0 unspecified atom stereocenters. The number of pyridine rings is 1. The average molecular weight is 529 g/mol. The number of hydrogen-bond donors (Lipinski definition) is 0. The molecule has 0 fully saturated rings. The molecule has 194 valence electrons. The van der Waals surface area contributed by atoms with Crippen LogP contribution in [0.15, 0.2) is 109 Å². The highest BCUT2D eigenvalue weighted by molar-refractivity contribution is 7.64. The molecule has 4 heteroatoms. The summed E-state index contributed by atoms with van der Waals surface area (Å²) in [6, 6.07) is 36.3. The summed E-state index contributed by atoms with van der Waals surface area (Å²) < 4.78 is 8.74. The molecule has 0 N–H and O–H groups in total. The molecular formula is C35H33N2OP. The predicted octanol–water partition coefficient (Wildman–Crippen LogP) is 9.30. The van der Waals surface area contributed by atoms with Crippen LogP contribution in [0, 0.1) is 0 Å². The highest BCUT2D eigenvalue weighted by Crippen LogP contribution is 2.37. The summed E-state index contributed by atoms with van der Waals surface area (Å²) in [7, 11) is -0.213. The van der Waals surface area contributed by atoms with E-state index in [-0.39, 0.29) is 13.3 Å². The first-order valence-corrected chi connectivity index (χ1v) is 15.6. The van der Waals surface area contributed by atoms with Crippen molar-refractivity contribution in [3.63, 3.8) is 0 Å². The van der Waals surface area contributed by atoms with Crippen molar-refractivity contribution in [2.75, 3.05) is 13.3 Å². The van der Waals surface area contributed by atoms with Gasteiger partial charge in [0.15, 0.2) is 0 Å². The Morgan fingerprint density at radius 2 is 1.44 bits per heavy atom. The van der Waals surface area contributed by atoms with Crippen LogP contribution in [0.4, 0.5) is 0 Å². The molecule has 0 spiro atoms. The third-order valence-corrected chi connectivity index (χ3v) is 8.61. The summed E-state index contributed by atoms with van der Waals surface area (Å²) in [5, 5.41) is 3.79. The van der Waals surface area contributed by atoms with E-state index in [0.717, 1.165) is 28.4 Å². The van der Waals surface area contributed by atoms with Crippen LogP contribution in [0.1, 0.15) is 26.3 Å². The number of ether oxygens (including phenoxy) is 1. The highest BCUT2D eigenvalue weighted by Gasteiger charge is 2.18. The Hall–Kier alpha value is -3.94. The fourth-order valence-electron chi connectivity index (χ4n) is 5.24. The van der Waals surface area contributed by atoms with Crippen molar-refractivity contribution in [1.29, 1.82) is 0 Å². The normalized spacial score (nSPS) is 11.9. The Morgan fingerprint density at radius 1 is 0.692 bits per heavy atom. The highest BCUT2D eigenvalue weighted by atomic mass is 31.1. The molecule has 0 radical (unpaired) electrons. The Labute approximate surface area is 231 Å². The second-order valence-corrected chi connectivity index (χ2v) is 13.5. The van der Waals surface area contributed by atoms with E-state index in [0.29, 0.717) is 0 Å². The van der Waals surface area contributed by atoms with Crippen molar-refractivity contribution in [3.05, 3.63) is 115 Å². The first-order chi connectivity index (χ1) is 18.8. The molecule has 6 rings (SSSR count). The van der Waals surface area contributed by atoms with Crippen molar-refractivity contribution in [1.82, 2.24) is 9.55 Å². The van der Waals surface area contributed by atoms with Gasteiger partial charge in [-0.05, 0) is 83.2 Å². The average Bonchev–Trinajstić information content (AvgIpc) is 3.26. The zero-order valence-corrected chi connectivity index (χ0v) is 24.0. The van der Waals surface area contributed by atoms with Crippen molar-refractivity contribution in [2.45, 2.75) is 26.2 Å². The van der Waals surface area contributed by atoms with Crippen molar-refractivity contribution >= 4 is 35.0 Å². The summed E-state index contributed by atoms with van der Waals surface area (Å²) in [4.78, 5) is 4.80. The Bertz CT molecular complexity index is 1810. The van der Waals surface area contributed by atoms with Gasteiger partial charge in [-0.25, -0.2) is 4.98 Å². The molecule has 6 aromatic rings. The van der Waals surface area contributed by atoms with Crippen molar-refractivity contribution in [2.24, 2.45) is 0 Å². The fraction of sp³-hybridized carbons (Fsp3) is 0.171. The smallest absolute Gasteiger partial charge is 0.137 e. The fourth-order valence-corrected chi connectivity index (χ4v) is 6.31. The molecule has 4 aromatic carbocycles. The minimum absolute atomic E-state index is 0.0328. The molecule has 0 aliphatic heterocycles. The van der Waals surface area contributed by atoms with Crippen LogP contribution in [0.3, 0.4) is 0 Å². The largest absolute Gasteiger partial charge is 0.457 e. The summed E-state index contributed by atoms with van der Waals surface area (Å²) in [5.74, 6) is 2.55. The van der Waals surface area contributed by atoms with Crippen molar-refractivity contribution < 1.29 is 4.74 Å². The van der Waals surface area contributed by atoms with E-state index < -0.39 is 0 Å². The molecule has 0 saturated heterocycles. The van der Waals surface area contributed by atoms with Gasteiger partial charge in [-0.2, -0.15) is 0 Å². The van der Waals surface area contributed by atoms with Gasteiger partial charge in [0.25, 0.3) is 0 Å². The van der Waals surface area contributed by atoms with Crippen LogP contribution in [-0.4, -0.2) is 22.9 Å². The summed E-state index contributed by atoms with van der Waals surface area (Å²) in [6.07, 6.45) is 1.92. The van der Waals surface area contributed by atoms with Crippen LogP contribution in [0.5, 0.6) is 11.5 Å². The van der Waals surface area contributed by atoms with Gasteiger partial charge >= 0.3 is 0 Å². The topological polar surface area (TPSA) is 27.1 Å². The lowest BCUT2D eigenvalue weighted by molar-refractivity contribution is 0.483. The maximum absolute atomic E-state index is 6.49. The molecule has 2 heterocycles. The van der Waals surface area contributed by atoms with Crippen LogP contribution in [0.25, 0.3) is 38.8 Å². The third kappa shape index (κ3) is 4.84. The lowest BCUT2D eigenvalue weighted by Gasteiger charge is -2.20. The monoisotopic (exact) mass is 528 g/mol. The number of fused-ring (bicyclic) bond motifs is 3. The van der Waals surface area contributed by atoms with Gasteiger partial charge in [0, 0.05) is 23.0 Å². The molecule has 0 bridgehead atoms. The van der Waals surface area contributed by atoms with Crippen LogP contribution in [0.2, 0.25) is 0 Å². The molecule has 3 nitrogen and oxygen atoms in total. The van der Waals surface area contributed by atoms with Crippen LogP contribution >= 0.6 is 7.92 Å². The van der Waals surface area contributed by atoms with Gasteiger partial charge in [0.1, 0.15) is 17.3 Å². The number of nitrogens with zero attached hydrogens (tertiary/aromatic N) is 2. The molecule has 0 saturated carbocycles. The lowest BCUT2D eigenvalue weighted by atomic mass is 9.88. The maximum Gasteiger partial charge on any atom is 0.137 e. The summed E-state index contributed by atoms with van der Waals surface area (Å²) >= 11 is 0. The Kier molecular flexibility index (Phi) is 6.49. The van der Waals surface area contributed by atoms with E-state index in [1.54, 1.807) is 0 Å². The molecule has 0 aliphatic rings. The molecule has 0 amide bonds. The van der Waals surface area contributed by atoms with E-state index in [2.05, 4.69) is 136 Å². The minimum atomic E-state index is -0.213. The summed E-state index contributed by atoms with van der Waals surface area (Å²) in [5.41, 5.74) is 5.96. The van der Waals surface area contributed by atoms with E-state index in [1.165, 1.54) is 32.8 Å². The Balaban J connectivity index is 1.45. The standard InChI is InChI=1S/C35H33N2OP/c1-35(2,3)25-19-20-36-34(22-25)37-31-15-8-6-14-29(31)30-18-17-27(23-32(30)37)38-26-12-10-11-24(21-26)28-13-7-9-16-33(28)39(4)5/h6-23H,1-5H3. The maximum atomic E-state index is 6.49. The number of hydrogen-bond acceptors (Lipinski definition) is 2. The van der Waals surface area contributed by atoms with Gasteiger partial charge in [0.2, 0.25) is 0 Å². The molecule has 0 aliphatic carbocycles. The third-order valence-electron chi connectivity index (χ3n) is 7.25. The van der Waals surface area contributed by atoms with E-state index in [1.807, 2.05) is 12.3 Å². The van der Waals surface area contributed by atoms with Gasteiger partial charge in [-0.3, -0.25) is 4.57 Å². The quantitative estimate of drug-likeness (QED) is 0.209. The van der Waals surface area contributed by atoms with Gasteiger partial charge in [-0.15, -0.1) is 0 Å². The zero-order chi connectivity index (χ0) is 27.1. The van der Waals surface area contributed by atoms with Crippen LogP contribution < -0.4 is 10.0 Å². The molecule has 0 atom stereocenters.